The highest BCUT2D eigenvalue weighted by Crippen LogP contribution is 2.33. The Labute approximate surface area is 225 Å². The van der Waals surface area contributed by atoms with Crippen molar-refractivity contribution in [3.05, 3.63) is 105 Å². The van der Waals surface area contributed by atoms with Gasteiger partial charge in [-0.05, 0) is 71.9 Å². The monoisotopic (exact) mass is 565 g/mol. The lowest BCUT2D eigenvalue weighted by Gasteiger charge is -2.12. The molecule has 1 aliphatic heterocycles. The van der Waals surface area contributed by atoms with Crippen molar-refractivity contribution >= 4 is 78.5 Å². The van der Waals surface area contributed by atoms with Crippen LogP contribution in [0.1, 0.15) is 5.56 Å². The van der Waals surface area contributed by atoms with Gasteiger partial charge >= 0.3 is 0 Å². The van der Waals surface area contributed by atoms with Crippen LogP contribution >= 0.6 is 23.4 Å². The molecule has 0 radical (unpaired) electrons. The van der Waals surface area contributed by atoms with E-state index in [-0.39, 0.29) is 26.5 Å². The van der Waals surface area contributed by atoms with E-state index >= 15 is 0 Å². The minimum Gasteiger partial charge on any atom is -0.333 e. The predicted octanol–water partition coefficient (Wildman–Crippen LogP) is 5.68. The Morgan fingerprint density at radius 1 is 1.03 bits per heavy atom. The van der Waals surface area contributed by atoms with Crippen LogP contribution in [0.25, 0.3) is 17.0 Å². The second-order valence-corrected chi connectivity index (χ2v) is 11.1. The molecular formula is C25H16ClN5O5S2. The van der Waals surface area contributed by atoms with Crippen molar-refractivity contribution < 1.29 is 18.1 Å². The van der Waals surface area contributed by atoms with Crippen LogP contribution in [0.4, 0.5) is 17.1 Å². The standard InChI is InChI=1S/C25H16ClN5O5S2/c26-20-9-4-17(30-38(35,36)19-7-5-18(6-8-19)31(33)34)14-22(20)28-25-29-24(32)23(37-25)13-15-3-10-21-16(12-15)2-1-11-27-21/h1-14,30H,(H,28,29,32)/b23-13-. The summed E-state index contributed by atoms with van der Waals surface area (Å²) in [7, 11) is -4.03. The molecule has 2 N–H and O–H groups in total. The number of carbonyl (C=O) groups is 1. The number of pyridine rings is 1. The number of sulfonamides is 1. The summed E-state index contributed by atoms with van der Waals surface area (Å²) in [6.07, 6.45) is 3.44. The summed E-state index contributed by atoms with van der Waals surface area (Å²) in [4.78, 5) is 31.3. The second kappa shape index (κ2) is 10.2. The smallest absolute Gasteiger partial charge is 0.286 e. The van der Waals surface area contributed by atoms with Crippen molar-refractivity contribution in [2.45, 2.75) is 4.90 Å². The van der Waals surface area contributed by atoms with E-state index in [2.05, 4.69) is 20.0 Å². The van der Waals surface area contributed by atoms with Crippen molar-refractivity contribution in [3.8, 4) is 0 Å². The maximum atomic E-state index is 12.7. The van der Waals surface area contributed by atoms with Gasteiger partial charge in [-0.3, -0.25) is 24.6 Å². The number of halogens is 1. The van der Waals surface area contributed by atoms with Crippen molar-refractivity contribution in [1.82, 2.24) is 4.98 Å². The SMILES string of the molecule is O=C1N=C(Nc2cc(NS(=O)(=O)c3ccc([N+](=O)[O-])cc3)ccc2Cl)S/C1=C\c1ccc2ncccc2c1. The number of carbonyl (C=O) groups excluding carboxylic acids is 1. The number of benzene rings is 3. The zero-order valence-electron chi connectivity index (χ0n) is 19.2. The molecule has 10 nitrogen and oxygen atoms in total. The van der Waals surface area contributed by atoms with E-state index in [0.717, 1.165) is 52.5 Å². The predicted molar refractivity (Wildman–Crippen MR) is 149 cm³/mol. The summed E-state index contributed by atoms with van der Waals surface area (Å²) in [5.41, 5.74) is 1.95. The fraction of sp³-hybridized carbons (Fsp3) is 0. The number of nitrogens with zero attached hydrogens (tertiary/aromatic N) is 3. The van der Waals surface area contributed by atoms with Gasteiger partial charge in [0.2, 0.25) is 0 Å². The molecule has 3 aromatic carbocycles. The Kier molecular flexibility index (Phi) is 6.85. The Morgan fingerprint density at radius 2 is 1.82 bits per heavy atom. The Balaban J connectivity index is 1.32. The number of nitro groups is 1. The number of rotatable bonds is 6. The molecule has 190 valence electrons. The first kappa shape index (κ1) is 25.4. The van der Waals surface area contributed by atoms with Gasteiger partial charge in [0.1, 0.15) is 0 Å². The number of nitro benzene ring substituents is 1. The third-order valence-corrected chi connectivity index (χ3v) is 7.99. The fourth-order valence-corrected chi connectivity index (χ4v) is 5.60. The van der Waals surface area contributed by atoms with Crippen molar-refractivity contribution in [2.75, 3.05) is 10.0 Å². The molecule has 0 bridgehead atoms. The number of hydrogen-bond acceptors (Lipinski definition) is 8. The van der Waals surface area contributed by atoms with Crippen molar-refractivity contribution in [3.63, 3.8) is 0 Å². The molecule has 0 atom stereocenters. The molecule has 0 saturated carbocycles. The maximum Gasteiger partial charge on any atom is 0.286 e. The summed E-state index contributed by atoms with van der Waals surface area (Å²) in [6.45, 7) is 0. The molecule has 2 heterocycles. The molecule has 0 spiro atoms. The third-order valence-electron chi connectivity index (χ3n) is 5.36. The molecule has 0 aliphatic carbocycles. The summed E-state index contributed by atoms with van der Waals surface area (Å²) in [6, 6.07) is 18.3. The molecule has 1 amide bonds. The van der Waals surface area contributed by atoms with E-state index in [1.807, 2.05) is 30.3 Å². The quantitative estimate of drug-likeness (QED) is 0.173. The summed E-state index contributed by atoms with van der Waals surface area (Å²) in [5.74, 6) is -0.421. The number of non-ortho nitro benzene ring substituents is 1. The number of thioether (sulfide) groups is 1. The van der Waals surface area contributed by atoms with Crippen molar-refractivity contribution in [2.24, 2.45) is 4.99 Å². The fourth-order valence-electron chi connectivity index (χ4n) is 3.56. The molecule has 13 heteroatoms. The van der Waals surface area contributed by atoms with Gasteiger partial charge in [-0.1, -0.05) is 23.7 Å². The highest BCUT2D eigenvalue weighted by atomic mass is 35.5. The van der Waals surface area contributed by atoms with Gasteiger partial charge in [-0.25, -0.2) is 8.42 Å². The van der Waals surface area contributed by atoms with Gasteiger partial charge < -0.3 is 5.32 Å². The van der Waals surface area contributed by atoms with Crippen molar-refractivity contribution in [1.29, 1.82) is 0 Å². The normalized spacial score (nSPS) is 14.5. The van der Waals surface area contributed by atoms with Gasteiger partial charge in [-0.15, -0.1) is 0 Å². The highest BCUT2D eigenvalue weighted by molar-refractivity contribution is 8.18. The van der Waals surface area contributed by atoms with E-state index in [0.29, 0.717) is 10.6 Å². The highest BCUT2D eigenvalue weighted by Gasteiger charge is 2.23. The average molecular weight is 566 g/mol. The van der Waals surface area contributed by atoms with Gasteiger partial charge in [0.15, 0.2) is 5.17 Å². The van der Waals surface area contributed by atoms with E-state index in [4.69, 9.17) is 11.6 Å². The number of anilines is 2. The number of amidine groups is 1. The number of amides is 1. The lowest BCUT2D eigenvalue weighted by molar-refractivity contribution is -0.384. The number of fused-ring (bicyclic) bond motifs is 1. The Bertz CT molecular complexity index is 1770. The minimum atomic E-state index is -4.03. The molecule has 1 aliphatic rings. The van der Waals surface area contributed by atoms with Crippen LogP contribution in [0.5, 0.6) is 0 Å². The lowest BCUT2D eigenvalue weighted by Crippen LogP contribution is -2.13. The van der Waals surface area contributed by atoms with E-state index < -0.39 is 20.9 Å². The van der Waals surface area contributed by atoms with Crippen LogP contribution in [0.3, 0.4) is 0 Å². The molecule has 0 unspecified atom stereocenters. The van der Waals surface area contributed by atoms with Crippen LogP contribution in [0.2, 0.25) is 5.02 Å². The first-order valence-electron chi connectivity index (χ1n) is 10.9. The number of aliphatic imine (C=N–C) groups is 1. The molecule has 1 aromatic heterocycles. The largest absolute Gasteiger partial charge is 0.333 e. The minimum absolute atomic E-state index is 0.145. The van der Waals surface area contributed by atoms with E-state index in [9.17, 15) is 23.3 Å². The van der Waals surface area contributed by atoms with Crippen LogP contribution in [0.15, 0.2) is 93.8 Å². The molecular weight excluding hydrogens is 550 g/mol. The summed E-state index contributed by atoms with van der Waals surface area (Å²) >= 11 is 7.42. The summed E-state index contributed by atoms with van der Waals surface area (Å²) in [5, 5.41) is 15.3. The molecule has 0 fully saturated rings. The number of hydrogen-bond donors (Lipinski definition) is 2. The number of nitrogens with one attached hydrogen (secondary N) is 2. The van der Waals surface area contributed by atoms with Crippen LogP contribution in [0, 0.1) is 10.1 Å². The topological polar surface area (TPSA) is 144 Å². The second-order valence-electron chi connectivity index (χ2n) is 7.96. The zero-order chi connectivity index (χ0) is 26.9. The van der Waals surface area contributed by atoms with E-state index in [1.54, 1.807) is 12.3 Å². The van der Waals surface area contributed by atoms with E-state index in [1.165, 1.54) is 18.2 Å². The van der Waals surface area contributed by atoms with Gasteiger partial charge in [0, 0.05) is 23.7 Å². The Hall–Kier alpha value is -4.26. The molecule has 5 rings (SSSR count). The van der Waals surface area contributed by atoms with Gasteiger partial charge in [-0.2, -0.15) is 4.99 Å². The summed E-state index contributed by atoms with van der Waals surface area (Å²) < 4.78 is 27.9. The third kappa shape index (κ3) is 5.52. The van der Waals surface area contributed by atoms with Crippen LogP contribution in [-0.4, -0.2) is 29.4 Å². The average Bonchev–Trinajstić information content (AvgIpc) is 3.24. The molecule has 0 saturated heterocycles. The van der Waals surface area contributed by atoms with Crippen LogP contribution in [-0.2, 0) is 14.8 Å². The molecule has 4 aromatic rings. The lowest BCUT2D eigenvalue weighted by atomic mass is 10.1. The zero-order valence-corrected chi connectivity index (χ0v) is 21.5. The number of aromatic nitrogens is 1. The first-order valence-corrected chi connectivity index (χ1v) is 13.6. The van der Waals surface area contributed by atoms with Gasteiger partial charge in [0.25, 0.3) is 21.6 Å². The van der Waals surface area contributed by atoms with Gasteiger partial charge in [0.05, 0.1) is 36.6 Å². The first-order chi connectivity index (χ1) is 18.2. The maximum absolute atomic E-state index is 12.7. The molecule has 38 heavy (non-hydrogen) atoms. The van der Waals surface area contributed by atoms with Crippen LogP contribution < -0.4 is 10.0 Å². The Morgan fingerprint density at radius 3 is 2.58 bits per heavy atom.